The first-order valence-electron chi connectivity index (χ1n) is 2.89. The smallest absolute Gasteiger partial charge is 0.255 e. The largest absolute Gasteiger partial charge is 0.357 e. The molecule has 1 heterocycles. The van der Waals surface area contributed by atoms with E-state index in [1.165, 1.54) is 6.34 Å². The number of nitrogens with one attached hydrogen (secondary N) is 2. The van der Waals surface area contributed by atoms with Gasteiger partial charge in [-0.2, -0.15) is 0 Å². The van der Waals surface area contributed by atoms with Gasteiger partial charge < -0.3 is 10.6 Å². The Morgan fingerprint density at radius 1 is 1.80 bits per heavy atom. The molecule has 0 aromatic heterocycles. The Bertz CT molecular complexity index is 173. The lowest BCUT2D eigenvalue weighted by atomic mass is 10.3. The van der Waals surface area contributed by atoms with Crippen molar-refractivity contribution >= 4 is 12.2 Å². The average Bonchev–Trinajstić information content (AvgIpc) is 2.05. The van der Waals surface area contributed by atoms with Crippen molar-refractivity contribution in [1.29, 1.82) is 0 Å². The fourth-order valence-corrected chi connectivity index (χ4v) is 0.582. The minimum atomic E-state index is -0.172. The molecule has 1 aliphatic heterocycles. The summed E-state index contributed by atoms with van der Waals surface area (Å²) in [5.74, 6) is -0.172. The van der Waals surface area contributed by atoms with Crippen LogP contribution >= 0.6 is 0 Å². The summed E-state index contributed by atoms with van der Waals surface area (Å²) in [7, 11) is 1.57. The fourth-order valence-electron chi connectivity index (χ4n) is 0.582. The molecule has 1 aliphatic rings. The highest BCUT2D eigenvalue weighted by atomic mass is 16.2. The second-order valence-electron chi connectivity index (χ2n) is 1.72. The van der Waals surface area contributed by atoms with E-state index in [1.807, 2.05) is 0 Å². The maximum atomic E-state index is 10.8. The van der Waals surface area contributed by atoms with Crippen LogP contribution in [-0.2, 0) is 4.79 Å². The zero-order valence-corrected chi connectivity index (χ0v) is 5.59. The standard InChI is InChI=1S/C6H8N3O/c1-7-6(10)5-2-3-8-4-9-5/h2-4H,1H3,(H,7,10)(H,8,9). The quantitative estimate of drug-likeness (QED) is 0.509. The monoisotopic (exact) mass is 138 g/mol. The summed E-state index contributed by atoms with van der Waals surface area (Å²) in [6.07, 6.45) is 4.72. The Balaban J connectivity index is 2.55. The molecule has 4 nitrogen and oxygen atoms in total. The van der Waals surface area contributed by atoms with Crippen molar-refractivity contribution in [2.75, 3.05) is 7.05 Å². The molecule has 53 valence electrons. The van der Waals surface area contributed by atoms with Crippen molar-refractivity contribution in [2.45, 2.75) is 0 Å². The zero-order valence-electron chi connectivity index (χ0n) is 5.59. The third-order valence-electron chi connectivity index (χ3n) is 1.08. The number of amides is 1. The van der Waals surface area contributed by atoms with Crippen molar-refractivity contribution in [3.63, 3.8) is 0 Å². The number of rotatable bonds is 1. The lowest BCUT2D eigenvalue weighted by molar-refractivity contribution is -0.118. The summed E-state index contributed by atoms with van der Waals surface area (Å²) in [4.78, 5) is 14.6. The van der Waals surface area contributed by atoms with Crippen LogP contribution in [0, 0.1) is 6.04 Å². The molecule has 0 aromatic carbocycles. The van der Waals surface area contributed by atoms with Crippen LogP contribution in [0.1, 0.15) is 0 Å². The van der Waals surface area contributed by atoms with E-state index < -0.39 is 0 Å². The van der Waals surface area contributed by atoms with Gasteiger partial charge in [-0.15, -0.1) is 0 Å². The molecular weight excluding hydrogens is 130 g/mol. The van der Waals surface area contributed by atoms with E-state index >= 15 is 0 Å². The molecule has 1 amide bonds. The summed E-state index contributed by atoms with van der Waals surface area (Å²) in [6, 6.07) is 0.418. The van der Waals surface area contributed by atoms with Crippen LogP contribution in [0.4, 0.5) is 0 Å². The van der Waals surface area contributed by atoms with Gasteiger partial charge in [0.2, 0.25) is 0 Å². The first kappa shape index (κ1) is 6.80. The van der Waals surface area contributed by atoms with E-state index in [1.54, 1.807) is 19.3 Å². The lowest BCUT2D eigenvalue weighted by Gasteiger charge is -2.06. The highest BCUT2D eigenvalue weighted by molar-refractivity contribution is 5.93. The Hall–Kier alpha value is -1.32. The van der Waals surface area contributed by atoms with Gasteiger partial charge >= 0.3 is 0 Å². The van der Waals surface area contributed by atoms with Crippen molar-refractivity contribution in [2.24, 2.45) is 4.99 Å². The van der Waals surface area contributed by atoms with Crippen LogP contribution in [0.2, 0.25) is 0 Å². The lowest BCUT2D eigenvalue weighted by Crippen LogP contribution is -2.25. The molecule has 4 heteroatoms. The number of aliphatic imine (C=N–C) groups is 1. The normalized spacial score (nSPS) is 16.5. The van der Waals surface area contributed by atoms with Gasteiger partial charge in [0.05, 0.1) is 6.34 Å². The van der Waals surface area contributed by atoms with E-state index in [0.29, 0.717) is 6.04 Å². The number of hydrogen-bond donors (Lipinski definition) is 2. The Kier molecular flexibility index (Phi) is 2.04. The molecule has 0 aromatic rings. The van der Waals surface area contributed by atoms with Gasteiger partial charge in [-0.25, -0.2) is 0 Å². The van der Waals surface area contributed by atoms with Gasteiger partial charge in [0.15, 0.2) is 6.04 Å². The third-order valence-corrected chi connectivity index (χ3v) is 1.08. The number of nitrogens with zero attached hydrogens (tertiary/aromatic N) is 1. The van der Waals surface area contributed by atoms with E-state index in [-0.39, 0.29) is 5.91 Å². The summed E-state index contributed by atoms with van der Waals surface area (Å²) in [6.45, 7) is 0. The van der Waals surface area contributed by atoms with Gasteiger partial charge in [-0.3, -0.25) is 9.79 Å². The van der Waals surface area contributed by atoms with Crippen LogP contribution in [-0.4, -0.2) is 19.3 Å². The molecule has 0 atom stereocenters. The van der Waals surface area contributed by atoms with Crippen LogP contribution in [0.15, 0.2) is 17.3 Å². The Morgan fingerprint density at radius 3 is 3.10 bits per heavy atom. The minimum Gasteiger partial charge on any atom is -0.357 e. The van der Waals surface area contributed by atoms with Gasteiger partial charge in [0, 0.05) is 13.2 Å². The average molecular weight is 138 g/mol. The van der Waals surface area contributed by atoms with Crippen molar-refractivity contribution < 1.29 is 4.79 Å². The fraction of sp³-hybridized carbons (Fsp3) is 0.167. The van der Waals surface area contributed by atoms with Gasteiger partial charge in [-0.05, 0) is 6.08 Å². The summed E-state index contributed by atoms with van der Waals surface area (Å²) >= 11 is 0. The second-order valence-corrected chi connectivity index (χ2v) is 1.72. The third kappa shape index (κ3) is 1.34. The molecular formula is C6H8N3O. The van der Waals surface area contributed by atoms with Crippen LogP contribution in [0.5, 0.6) is 0 Å². The number of carbonyl (C=O) groups excluding carboxylic acids is 1. The molecule has 0 fully saturated rings. The minimum absolute atomic E-state index is 0.172. The summed E-state index contributed by atoms with van der Waals surface area (Å²) < 4.78 is 0. The summed E-state index contributed by atoms with van der Waals surface area (Å²) in [5, 5.41) is 5.19. The van der Waals surface area contributed by atoms with Crippen molar-refractivity contribution in [3.05, 3.63) is 18.3 Å². The van der Waals surface area contributed by atoms with Gasteiger partial charge in [0.25, 0.3) is 5.91 Å². The molecule has 0 spiro atoms. The number of likely N-dealkylation sites (N-methyl/N-ethyl adjacent to an activating group) is 1. The van der Waals surface area contributed by atoms with Crippen LogP contribution in [0.3, 0.4) is 0 Å². The van der Waals surface area contributed by atoms with Crippen LogP contribution in [0.25, 0.3) is 0 Å². The van der Waals surface area contributed by atoms with Gasteiger partial charge in [0.1, 0.15) is 0 Å². The molecule has 1 radical (unpaired) electrons. The first-order valence-corrected chi connectivity index (χ1v) is 2.89. The van der Waals surface area contributed by atoms with Gasteiger partial charge in [-0.1, -0.05) is 0 Å². The Labute approximate surface area is 59.0 Å². The topological polar surface area (TPSA) is 53.5 Å². The van der Waals surface area contributed by atoms with E-state index in [4.69, 9.17) is 0 Å². The molecule has 0 saturated carbocycles. The number of hydrogen-bond acceptors (Lipinski definition) is 3. The van der Waals surface area contributed by atoms with E-state index in [2.05, 4.69) is 15.6 Å². The molecule has 0 saturated heterocycles. The van der Waals surface area contributed by atoms with E-state index in [0.717, 1.165) is 0 Å². The molecule has 10 heavy (non-hydrogen) atoms. The molecule has 0 aliphatic carbocycles. The maximum absolute atomic E-state index is 10.8. The predicted octanol–water partition coefficient (Wildman–Crippen LogP) is -0.590. The summed E-state index contributed by atoms with van der Waals surface area (Å²) in [5.41, 5.74) is 0. The number of carbonyl (C=O) groups is 1. The molecule has 1 rings (SSSR count). The molecule has 2 N–H and O–H groups in total. The van der Waals surface area contributed by atoms with Crippen molar-refractivity contribution in [3.8, 4) is 0 Å². The highest BCUT2D eigenvalue weighted by Gasteiger charge is 2.13. The zero-order chi connectivity index (χ0) is 7.40. The SMILES string of the molecule is CNC(=O)[C]1C=CNC=N1. The Morgan fingerprint density at radius 2 is 2.60 bits per heavy atom. The van der Waals surface area contributed by atoms with Crippen LogP contribution < -0.4 is 10.6 Å². The first-order chi connectivity index (χ1) is 4.84. The van der Waals surface area contributed by atoms with Crippen molar-refractivity contribution in [1.82, 2.24) is 10.6 Å². The molecule has 0 bridgehead atoms. The predicted molar refractivity (Wildman–Crippen MR) is 38.1 cm³/mol. The second kappa shape index (κ2) is 3.00. The van der Waals surface area contributed by atoms with E-state index in [9.17, 15) is 4.79 Å². The molecule has 0 unspecified atom stereocenters. The maximum Gasteiger partial charge on any atom is 0.255 e. The highest BCUT2D eigenvalue weighted by Crippen LogP contribution is 2.04.